The summed E-state index contributed by atoms with van der Waals surface area (Å²) in [5, 5.41) is 3.40. The Morgan fingerprint density at radius 1 is 1.28 bits per heavy atom. The van der Waals surface area contributed by atoms with Crippen LogP contribution in [0.5, 0.6) is 0 Å². The summed E-state index contributed by atoms with van der Waals surface area (Å²) < 4.78 is 45.6. The lowest BCUT2D eigenvalue weighted by molar-refractivity contribution is -0.140. The van der Waals surface area contributed by atoms with Gasteiger partial charge in [-0.1, -0.05) is 30.3 Å². The van der Waals surface area contributed by atoms with Gasteiger partial charge in [-0.15, -0.1) is 0 Å². The molecule has 3 rings (SSSR count). The number of H-pyrrole nitrogens is 1. The van der Waals surface area contributed by atoms with E-state index in [1.165, 1.54) is 12.1 Å². The molecule has 0 radical (unpaired) electrons. The third kappa shape index (κ3) is 3.00. The molecule has 0 saturated carbocycles. The minimum Gasteiger partial charge on any atom is -0.461 e. The van der Waals surface area contributed by atoms with E-state index in [0.717, 1.165) is 6.07 Å². The molecule has 0 bridgehead atoms. The Balaban J connectivity index is 2.37. The van der Waals surface area contributed by atoms with Crippen molar-refractivity contribution in [3.63, 3.8) is 0 Å². The van der Waals surface area contributed by atoms with Crippen molar-refractivity contribution in [3.8, 4) is 11.1 Å². The molecule has 1 aromatic carbocycles. The molecule has 0 unspecified atom stereocenters. The number of aromatic nitrogens is 3. The average molecular weight is 351 g/mol. The Labute approximate surface area is 138 Å². The number of benzene rings is 1. The van der Waals surface area contributed by atoms with E-state index in [1.807, 2.05) is 0 Å². The molecule has 0 aliphatic heterocycles. The van der Waals surface area contributed by atoms with Crippen molar-refractivity contribution < 1.29 is 22.7 Å². The number of nitrogens with one attached hydrogen (secondary N) is 1. The molecule has 0 aliphatic carbocycles. The molecule has 2 heterocycles. The Morgan fingerprint density at radius 3 is 2.56 bits per heavy atom. The van der Waals surface area contributed by atoms with Gasteiger partial charge in [-0.3, -0.25) is 4.79 Å². The number of halogens is 3. The molecule has 0 atom stereocenters. The maximum Gasteiger partial charge on any atom is 0.435 e. The zero-order chi connectivity index (χ0) is 18.2. The zero-order valence-corrected chi connectivity index (χ0v) is 12.9. The summed E-state index contributed by atoms with van der Waals surface area (Å²) in [7, 11) is 0. The number of rotatable bonds is 3. The van der Waals surface area contributed by atoms with Crippen molar-refractivity contribution in [2.45, 2.75) is 13.1 Å². The molecule has 6 nitrogen and oxygen atoms in total. The largest absolute Gasteiger partial charge is 0.461 e. The maximum atomic E-state index is 13.4. The number of fused-ring (bicyclic) bond motifs is 1. The van der Waals surface area contributed by atoms with Crippen molar-refractivity contribution in [3.05, 3.63) is 58.1 Å². The summed E-state index contributed by atoms with van der Waals surface area (Å²) in [6, 6.07) is 8.55. The summed E-state index contributed by atoms with van der Waals surface area (Å²) in [5.41, 5.74) is -2.66. The molecule has 0 amide bonds. The van der Waals surface area contributed by atoms with E-state index in [4.69, 9.17) is 4.74 Å². The van der Waals surface area contributed by atoms with Crippen LogP contribution in [0.1, 0.15) is 23.1 Å². The summed E-state index contributed by atoms with van der Waals surface area (Å²) in [4.78, 5) is 26.5. The number of alkyl halides is 3. The molecule has 1 N–H and O–H groups in total. The van der Waals surface area contributed by atoms with Crippen LogP contribution in [0.3, 0.4) is 0 Å². The number of aromatic amines is 1. The second kappa shape index (κ2) is 6.08. The highest BCUT2D eigenvalue weighted by atomic mass is 19.4. The van der Waals surface area contributed by atoms with Crippen molar-refractivity contribution in [1.29, 1.82) is 0 Å². The molecule has 9 heteroatoms. The van der Waals surface area contributed by atoms with Crippen molar-refractivity contribution in [2.75, 3.05) is 6.61 Å². The number of nitrogens with zero attached hydrogens (tertiary/aromatic N) is 2. The first-order chi connectivity index (χ1) is 11.8. The lowest BCUT2D eigenvalue weighted by Gasteiger charge is -2.07. The van der Waals surface area contributed by atoms with E-state index in [9.17, 15) is 22.8 Å². The number of carbonyl (C=O) groups excluding carboxylic acids is 1. The fourth-order valence-corrected chi connectivity index (χ4v) is 2.44. The van der Waals surface area contributed by atoms with Crippen LogP contribution in [0.2, 0.25) is 0 Å². The highest BCUT2D eigenvalue weighted by Crippen LogP contribution is 2.37. The molecule has 0 saturated heterocycles. The number of hydrogen-bond acceptors (Lipinski definition) is 4. The van der Waals surface area contributed by atoms with Crippen molar-refractivity contribution in [2.24, 2.45) is 0 Å². The van der Waals surface area contributed by atoms with E-state index >= 15 is 0 Å². The average Bonchev–Trinajstić information content (AvgIpc) is 2.96. The highest BCUT2D eigenvalue weighted by Gasteiger charge is 2.39. The Hall–Kier alpha value is -3.10. The van der Waals surface area contributed by atoms with Crippen molar-refractivity contribution >= 4 is 11.6 Å². The topological polar surface area (TPSA) is 76.5 Å². The van der Waals surface area contributed by atoms with Gasteiger partial charge >= 0.3 is 12.1 Å². The minimum absolute atomic E-state index is 0.0602. The van der Waals surface area contributed by atoms with Gasteiger partial charge in [0, 0.05) is 6.07 Å². The molecule has 0 aliphatic rings. The third-order valence-corrected chi connectivity index (χ3v) is 3.44. The number of ether oxygens (including phenoxy) is 1. The molecular formula is C16H12F3N3O3. The zero-order valence-electron chi connectivity index (χ0n) is 12.9. The van der Waals surface area contributed by atoms with Gasteiger partial charge < -0.3 is 9.72 Å². The third-order valence-electron chi connectivity index (χ3n) is 3.44. The summed E-state index contributed by atoms with van der Waals surface area (Å²) in [5.74, 6) is -0.837. The Morgan fingerprint density at radius 2 is 1.96 bits per heavy atom. The molecule has 0 spiro atoms. The first-order valence-corrected chi connectivity index (χ1v) is 7.28. The van der Waals surface area contributed by atoms with E-state index < -0.39 is 23.4 Å². The molecule has 25 heavy (non-hydrogen) atoms. The van der Waals surface area contributed by atoms with E-state index in [1.54, 1.807) is 25.1 Å². The van der Waals surface area contributed by atoms with Crippen LogP contribution in [0.4, 0.5) is 13.2 Å². The molecule has 3 aromatic rings. The fraction of sp³-hybridized carbons (Fsp3) is 0.188. The van der Waals surface area contributed by atoms with Gasteiger partial charge in [0.2, 0.25) is 0 Å². The van der Waals surface area contributed by atoms with Gasteiger partial charge in [0.25, 0.3) is 5.56 Å². The Kier molecular flexibility index (Phi) is 4.07. The SMILES string of the molecule is CCOC(=O)c1cc(=O)n2nc(C(F)(F)F)c(-c3ccccc3)c2[nH]1. The number of carbonyl (C=O) groups is 1. The van der Waals surface area contributed by atoms with Gasteiger partial charge in [-0.25, -0.2) is 4.79 Å². The minimum atomic E-state index is -4.78. The summed E-state index contributed by atoms with van der Waals surface area (Å²) >= 11 is 0. The number of hydrogen-bond donors (Lipinski definition) is 1. The first-order valence-electron chi connectivity index (χ1n) is 7.28. The monoisotopic (exact) mass is 351 g/mol. The van der Waals surface area contributed by atoms with Gasteiger partial charge in [-0.2, -0.15) is 22.8 Å². The lowest BCUT2D eigenvalue weighted by Crippen LogP contribution is -2.19. The van der Waals surface area contributed by atoms with Crippen LogP contribution in [-0.4, -0.2) is 27.2 Å². The van der Waals surface area contributed by atoms with Crippen molar-refractivity contribution in [1.82, 2.24) is 14.6 Å². The predicted octanol–water partition coefficient (Wildman–Crippen LogP) is 2.89. The first kappa shape index (κ1) is 16.7. The standard InChI is InChI=1S/C16H12F3N3O3/c1-2-25-15(24)10-8-11(23)22-14(20-10)12(9-6-4-3-5-7-9)13(21-22)16(17,18)19/h3-8,20H,2H2,1H3. The van der Waals surface area contributed by atoms with E-state index in [2.05, 4.69) is 10.1 Å². The summed E-state index contributed by atoms with van der Waals surface area (Å²) in [6.07, 6.45) is -4.78. The molecule has 0 fully saturated rings. The van der Waals surface area contributed by atoms with Gasteiger partial charge in [0.05, 0.1) is 12.2 Å². The summed E-state index contributed by atoms with van der Waals surface area (Å²) in [6.45, 7) is 1.63. The van der Waals surface area contributed by atoms with Crippen LogP contribution in [0.25, 0.3) is 16.8 Å². The molecule has 2 aromatic heterocycles. The fourth-order valence-electron chi connectivity index (χ4n) is 2.44. The molecule has 130 valence electrons. The van der Waals surface area contributed by atoms with Crippen LogP contribution in [-0.2, 0) is 10.9 Å². The van der Waals surface area contributed by atoms with E-state index in [0.29, 0.717) is 4.52 Å². The van der Waals surface area contributed by atoms with Crippen LogP contribution < -0.4 is 5.56 Å². The van der Waals surface area contributed by atoms with Gasteiger partial charge in [-0.05, 0) is 12.5 Å². The van der Waals surface area contributed by atoms with Gasteiger partial charge in [0.15, 0.2) is 5.69 Å². The van der Waals surface area contributed by atoms with Gasteiger partial charge in [0.1, 0.15) is 11.3 Å². The second-order valence-corrected chi connectivity index (χ2v) is 5.09. The molecular weight excluding hydrogens is 339 g/mol. The maximum absolute atomic E-state index is 13.4. The quantitative estimate of drug-likeness (QED) is 0.736. The Bertz CT molecular complexity index is 991. The lowest BCUT2D eigenvalue weighted by atomic mass is 10.1. The second-order valence-electron chi connectivity index (χ2n) is 5.09. The van der Waals surface area contributed by atoms with Crippen LogP contribution in [0, 0.1) is 0 Å². The van der Waals surface area contributed by atoms with Crippen LogP contribution in [0.15, 0.2) is 41.2 Å². The van der Waals surface area contributed by atoms with E-state index in [-0.39, 0.29) is 29.1 Å². The predicted molar refractivity (Wildman–Crippen MR) is 82.2 cm³/mol. The highest BCUT2D eigenvalue weighted by molar-refractivity contribution is 5.89. The van der Waals surface area contributed by atoms with Crippen LogP contribution >= 0.6 is 0 Å². The normalized spacial score (nSPS) is 11.7. The smallest absolute Gasteiger partial charge is 0.435 e. The number of esters is 1.